The first-order valence-electron chi connectivity index (χ1n) is 11.1. The smallest absolute Gasteiger partial charge is 0.241 e. The third-order valence-corrected chi connectivity index (χ3v) is 6.36. The van der Waals surface area contributed by atoms with Crippen LogP contribution in [0.3, 0.4) is 0 Å². The van der Waals surface area contributed by atoms with Gasteiger partial charge in [0.1, 0.15) is 6.04 Å². The Balaban J connectivity index is 1.28. The summed E-state index contributed by atoms with van der Waals surface area (Å²) in [5.41, 5.74) is 8.69. The summed E-state index contributed by atoms with van der Waals surface area (Å²) in [6.45, 7) is 3.92. The van der Waals surface area contributed by atoms with Gasteiger partial charge in [-0.25, -0.2) is 10.9 Å². The minimum Gasteiger partial charge on any atom is -0.355 e. The van der Waals surface area contributed by atoms with Crippen molar-refractivity contribution in [2.24, 2.45) is 5.92 Å². The van der Waals surface area contributed by atoms with Crippen LogP contribution in [0.4, 0.5) is 0 Å². The molecule has 2 aliphatic rings. The van der Waals surface area contributed by atoms with Crippen molar-refractivity contribution < 1.29 is 9.59 Å². The standard InChI is InChI=1S/C24H31N5O2/c1-17(18-6-3-2-4-7-18)15-26-23(30)20-8-5-13-29(16-20)24(31)22-14-21(27-28-22)19-9-11-25-12-10-19/h2-4,6-7,9-12,17,20-22,27-28H,5,8,13-16H2,1H3,(H,26,30). The number of pyridine rings is 1. The van der Waals surface area contributed by atoms with Crippen molar-refractivity contribution in [3.63, 3.8) is 0 Å². The second kappa shape index (κ2) is 10.0. The molecule has 31 heavy (non-hydrogen) atoms. The molecule has 0 radical (unpaired) electrons. The number of hydrazine groups is 1. The van der Waals surface area contributed by atoms with Crippen molar-refractivity contribution in [3.8, 4) is 0 Å². The van der Waals surface area contributed by atoms with Crippen LogP contribution in [0.5, 0.6) is 0 Å². The van der Waals surface area contributed by atoms with Crippen molar-refractivity contribution >= 4 is 11.8 Å². The SMILES string of the molecule is CC(CNC(=O)C1CCCN(C(=O)C2CC(c3ccncc3)NN2)C1)c1ccccc1. The predicted octanol–water partition coefficient (Wildman–Crippen LogP) is 2.15. The number of hydrogen-bond donors (Lipinski definition) is 3. The van der Waals surface area contributed by atoms with Gasteiger partial charge in [0, 0.05) is 38.1 Å². The Labute approximate surface area is 183 Å². The molecule has 4 atom stereocenters. The van der Waals surface area contributed by atoms with E-state index in [-0.39, 0.29) is 35.7 Å². The van der Waals surface area contributed by atoms with Gasteiger partial charge in [-0.2, -0.15) is 0 Å². The molecule has 3 N–H and O–H groups in total. The number of hydrogen-bond acceptors (Lipinski definition) is 5. The zero-order valence-electron chi connectivity index (χ0n) is 18.0. The van der Waals surface area contributed by atoms with Crippen molar-refractivity contribution in [1.82, 2.24) is 26.1 Å². The fraction of sp³-hybridized carbons (Fsp3) is 0.458. The van der Waals surface area contributed by atoms with Gasteiger partial charge in [0.25, 0.3) is 0 Å². The zero-order valence-corrected chi connectivity index (χ0v) is 18.0. The summed E-state index contributed by atoms with van der Waals surface area (Å²) in [6.07, 6.45) is 5.89. The van der Waals surface area contributed by atoms with Crippen LogP contribution >= 0.6 is 0 Å². The number of nitrogens with zero attached hydrogens (tertiary/aromatic N) is 2. The maximum atomic E-state index is 13.1. The zero-order chi connectivity index (χ0) is 21.6. The molecule has 2 saturated heterocycles. The Morgan fingerprint density at radius 2 is 1.94 bits per heavy atom. The highest BCUT2D eigenvalue weighted by atomic mass is 16.2. The van der Waals surface area contributed by atoms with E-state index in [1.165, 1.54) is 5.56 Å². The number of carbonyl (C=O) groups is 2. The maximum Gasteiger partial charge on any atom is 0.241 e. The Hall–Kier alpha value is -2.77. The molecule has 7 heteroatoms. The highest BCUT2D eigenvalue weighted by Gasteiger charge is 2.36. The number of likely N-dealkylation sites (tertiary alicyclic amines) is 1. The number of carbonyl (C=O) groups excluding carboxylic acids is 2. The molecule has 2 aliphatic heterocycles. The number of nitrogens with one attached hydrogen (secondary N) is 3. The molecule has 4 unspecified atom stereocenters. The van der Waals surface area contributed by atoms with Crippen LogP contribution in [-0.4, -0.2) is 47.4 Å². The monoisotopic (exact) mass is 421 g/mol. The molecule has 2 fully saturated rings. The second-order valence-electron chi connectivity index (χ2n) is 8.59. The lowest BCUT2D eigenvalue weighted by Crippen LogP contribution is -2.51. The second-order valence-corrected chi connectivity index (χ2v) is 8.59. The molecular formula is C24H31N5O2. The lowest BCUT2D eigenvalue weighted by Gasteiger charge is -2.33. The van der Waals surface area contributed by atoms with Gasteiger partial charge in [0.15, 0.2) is 0 Å². The van der Waals surface area contributed by atoms with Gasteiger partial charge in [0.05, 0.1) is 5.92 Å². The van der Waals surface area contributed by atoms with Crippen molar-refractivity contribution in [3.05, 3.63) is 66.0 Å². The van der Waals surface area contributed by atoms with E-state index >= 15 is 0 Å². The van der Waals surface area contributed by atoms with Gasteiger partial charge >= 0.3 is 0 Å². The summed E-state index contributed by atoms with van der Waals surface area (Å²) in [7, 11) is 0. The van der Waals surface area contributed by atoms with E-state index in [9.17, 15) is 9.59 Å². The summed E-state index contributed by atoms with van der Waals surface area (Å²) in [5, 5.41) is 3.10. The van der Waals surface area contributed by atoms with Crippen LogP contribution in [0.2, 0.25) is 0 Å². The Morgan fingerprint density at radius 1 is 1.16 bits per heavy atom. The molecule has 1 aromatic carbocycles. The average Bonchev–Trinajstić information content (AvgIpc) is 3.33. The predicted molar refractivity (Wildman–Crippen MR) is 119 cm³/mol. The summed E-state index contributed by atoms with van der Waals surface area (Å²) in [6, 6.07) is 13.9. The summed E-state index contributed by atoms with van der Waals surface area (Å²) >= 11 is 0. The molecule has 0 aliphatic carbocycles. The Bertz CT molecular complexity index is 876. The van der Waals surface area contributed by atoms with E-state index in [2.05, 4.69) is 40.2 Å². The van der Waals surface area contributed by atoms with Gasteiger partial charge in [-0.15, -0.1) is 0 Å². The van der Waals surface area contributed by atoms with E-state index in [1.54, 1.807) is 12.4 Å². The Morgan fingerprint density at radius 3 is 2.71 bits per heavy atom. The summed E-state index contributed by atoms with van der Waals surface area (Å²) in [5.74, 6) is 0.225. The quantitative estimate of drug-likeness (QED) is 0.665. The molecule has 164 valence electrons. The number of aromatic nitrogens is 1. The number of amides is 2. The summed E-state index contributed by atoms with van der Waals surface area (Å²) < 4.78 is 0. The highest BCUT2D eigenvalue weighted by Crippen LogP contribution is 2.24. The maximum absolute atomic E-state index is 13.1. The van der Waals surface area contributed by atoms with Gasteiger partial charge in [-0.3, -0.25) is 14.6 Å². The molecular weight excluding hydrogens is 390 g/mol. The molecule has 0 saturated carbocycles. The highest BCUT2D eigenvalue weighted by molar-refractivity contribution is 5.84. The van der Waals surface area contributed by atoms with Crippen LogP contribution in [0.1, 0.15) is 49.3 Å². The largest absolute Gasteiger partial charge is 0.355 e. The van der Waals surface area contributed by atoms with E-state index in [0.717, 1.165) is 18.4 Å². The van der Waals surface area contributed by atoms with Crippen LogP contribution < -0.4 is 16.2 Å². The number of benzene rings is 1. The minimum absolute atomic E-state index is 0.0486. The molecule has 2 aromatic rings. The number of piperidine rings is 1. The van der Waals surface area contributed by atoms with Crippen LogP contribution in [0.15, 0.2) is 54.9 Å². The molecule has 3 heterocycles. The van der Waals surface area contributed by atoms with Crippen LogP contribution in [0.25, 0.3) is 0 Å². The van der Waals surface area contributed by atoms with Gasteiger partial charge in [-0.05, 0) is 48.4 Å². The fourth-order valence-corrected chi connectivity index (χ4v) is 4.44. The van der Waals surface area contributed by atoms with Gasteiger partial charge in [0.2, 0.25) is 11.8 Å². The fourth-order valence-electron chi connectivity index (χ4n) is 4.44. The third-order valence-electron chi connectivity index (χ3n) is 6.36. The molecule has 4 rings (SSSR count). The average molecular weight is 422 g/mol. The lowest BCUT2D eigenvalue weighted by molar-refractivity contribution is -0.137. The van der Waals surface area contributed by atoms with Crippen molar-refractivity contribution in [2.45, 2.75) is 44.2 Å². The van der Waals surface area contributed by atoms with Crippen molar-refractivity contribution in [2.75, 3.05) is 19.6 Å². The van der Waals surface area contributed by atoms with Crippen LogP contribution in [-0.2, 0) is 9.59 Å². The lowest BCUT2D eigenvalue weighted by atomic mass is 9.95. The number of rotatable bonds is 6. The van der Waals surface area contributed by atoms with E-state index in [1.807, 2.05) is 35.2 Å². The minimum atomic E-state index is -0.280. The third kappa shape index (κ3) is 5.29. The molecule has 0 spiro atoms. The molecule has 7 nitrogen and oxygen atoms in total. The molecule has 0 bridgehead atoms. The first-order chi connectivity index (χ1) is 15.1. The van der Waals surface area contributed by atoms with Crippen LogP contribution in [0, 0.1) is 5.92 Å². The normalized spacial score (nSPS) is 24.5. The van der Waals surface area contributed by atoms with E-state index < -0.39 is 0 Å². The molecule has 2 amide bonds. The Kier molecular flexibility index (Phi) is 6.94. The summed E-state index contributed by atoms with van der Waals surface area (Å²) in [4.78, 5) is 31.8. The molecule has 1 aromatic heterocycles. The van der Waals surface area contributed by atoms with Gasteiger partial charge < -0.3 is 10.2 Å². The topological polar surface area (TPSA) is 86.4 Å². The van der Waals surface area contributed by atoms with E-state index in [4.69, 9.17) is 0 Å². The first-order valence-corrected chi connectivity index (χ1v) is 11.1. The van der Waals surface area contributed by atoms with Crippen molar-refractivity contribution in [1.29, 1.82) is 0 Å². The first kappa shape index (κ1) is 21.5. The van der Waals surface area contributed by atoms with E-state index in [0.29, 0.717) is 26.1 Å². The van der Waals surface area contributed by atoms with Gasteiger partial charge in [-0.1, -0.05) is 37.3 Å².